The van der Waals surface area contributed by atoms with Gasteiger partial charge >= 0.3 is 0 Å². The summed E-state index contributed by atoms with van der Waals surface area (Å²) in [6, 6.07) is 0.206. The Labute approximate surface area is 105 Å². The molecular formula is C14H25NO2. The van der Waals surface area contributed by atoms with Crippen molar-refractivity contribution in [3.05, 3.63) is 11.8 Å². The van der Waals surface area contributed by atoms with Gasteiger partial charge in [-0.3, -0.25) is 0 Å². The Kier molecular flexibility index (Phi) is 4.10. The molecule has 0 bridgehead atoms. The predicted molar refractivity (Wildman–Crippen MR) is 68.9 cm³/mol. The van der Waals surface area contributed by atoms with Crippen LogP contribution in [0.15, 0.2) is 11.8 Å². The second kappa shape index (κ2) is 5.40. The molecular weight excluding hydrogens is 214 g/mol. The van der Waals surface area contributed by atoms with Gasteiger partial charge in [0.05, 0.1) is 18.2 Å². The van der Waals surface area contributed by atoms with E-state index < -0.39 is 0 Å². The maximum Gasteiger partial charge on any atom is 0.112 e. The molecule has 17 heavy (non-hydrogen) atoms. The fraction of sp³-hybridized carbons (Fsp3) is 0.857. The molecule has 0 saturated heterocycles. The second-order valence-electron chi connectivity index (χ2n) is 5.44. The van der Waals surface area contributed by atoms with Crippen molar-refractivity contribution >= 4 is 0 Å². The summed E-state index contributed by atoms with van der Waals surface area (Å²) in [6.07, 6.45) is 8.06. The molecule has 0 aromatic heterocycles. The van der Waals surface area contributed by atoms with Gasteiger partial charge in [-0.1, -0.05) is 19.8 Å². The topological polar surface area (TPSA) is 30.5 Å². The van der Waals surface area contributed by atoms with Crippen LogP contribution < -0.4 is 5.32 Å². The smallest absolute Gasteiger partial charge is 0.112 e. The van der Waals surface area contributed by atoms with Crippen molar-refractivity contribution in [3.8, 4) is 0 Å². The quantitative estimate of drug-likeness (QED) is 0.817. The first-order valence-electron chi connectivity index (χ1n) is 6.77. The van der Waals surface area contributed by atoms with Gasteiger partial charge in [-0.25, -0.2) is 0 Å². The Balaban J connectivity index is 2.18. The van der Waals surface area contributed by atoms with Crippen molar-refractivity contribution in [3.63, 3.8) is 0 Å². The average Bonchev–Trinajstić information content (AvgIpc) is 2.83. The highest BCUT2D eigenvalue weighted by Crippen LogP contribution is 2.40. The van der Waals surface area contributed by atoms with Crippen LogP contribution in [0.4, 0.5) is 0 Å². The standard InChI is InChI=1S/C14H25NO2/c1-11-6-4-8-14(10-11,16-3)13(15-2)12-7-5-9-17-12/h7,11,13,15H,4-6,8-10H2,1-3H3. The van der Waals surface area contributed by atoms with Gasteiger partial charge in [0.15, 0.2) is 0 Å². The zero-order valence-corrected chi connectivity index (χ0v) is 11.3. The van der Waals surface area contributed by atoms with E-state index in [1.165, 1.54) is 12.8 Å². The molecule has 1 saturated carbocycles. The molecule has 1 aliphatic carbocycles. The first-order valence-corrected chi connectivity index (χ1v) is 6.77. The Morgan fingerprint density at radius 2 is 2.41 bits per heavy atom. The first-order chi connectivity index (χ1) is 8.22. The normalized spacial score (nSPS) is 35.2. The number of likely N-dealkylation sites (N-methyl/N-ethyl adjacent to an activating group) is 1. The summed E-state index contributed by atoms with van der Waals surface area (Å²) in [5.74, 6) is 1.82. The highest BCUT2D eigenvalue weighted by Gasteiger charge is 2.44. The molecule has 2 rings (SSSR count). The number of methoxy groups -OCH3 is 1. The summed E-state index contributed by atoms with van der Waals surface area (Å²) in [6.45, 7) is 3.15. The third-order valence-corrected chi connectivity index (χ3v) is 4.23. The first kappa shape index (κ1) is 12.9. The number of hydrogen-bond donors (Lipinski definition) is 1. The SMILES string of the molecule is CNC(C1=CCCO1)C1(OC)CCCC(C)C1. The second-order valence-corrected chi connectivity index (χ2v) is 5.44. The van der Waals surface area contributed by atoms with E-state index in [2.05, 4.69) is 18.3 Å². The van der Waals surface area contributed by atoms with Crippen LogP contribution in [0, 0.1) is 5.92 Å². The van der Waals surface area contributed by atoms with Crippen LogP contribution in [-0.2, 0) is 9.47 Å². The van der Waals surface area contributed by atoms with Crippen LogP contribution in [0.3, 0.4) is 0 Å². The van der Waals surface area contributed by atoms with Crippen LogP contribution >= 0.6 is 0 Å². The lowest BCUT2D eigenvalue weighted by Crippen LogP contribution is -2.54. The molecule has 2 aliphatic rings. The van der Waals surface area contributed by atoms with Gasteiger partial charge in [0, 0.05) is 13.5 Å². The van der Waals surface area contributed by atoms with Crippen molar-refractivity contribution in [1.29, 1.82) is 0 Å². The molecule has 0 aromatic carbocycles. The summed E-state index contributed by atoms with van der Waals surface area (Å²) in [5.41, 5.74) is -0.0808. The minimum absolute atomic E-state index is 0.0808. The van der Waals surface area contributed by atoms with Gasteiger partial charge in [0.25, 0.3) is 0 Å². The van der Waals surface area contributed by atoms with Crippen LogP contribution in [-0.4, -0.2) is 32.4 Å². The fourth-order valence-corrected chi connectivity index (χ4v) is 3.41. The van der Waals surface area contributed by atoms with Crippen molar-refractivity contribution in [2.75, 3.05) is 20.8 Å². The van der Waals surface area contributed by atoms with E-state index in [1.54, 1.807) is 0 Å². The molecule has 0 aromatic rings. The van der Waals surface area contributed by atoms with Gasteiger partial charge in [0.2, 0.25) is 0 Å². The average molecular weight is 239 g/mol. The third-order valence-electron chi connectivity index (χ3n) is 4.23. The van der Waals surface area contributed by atoms with Gasteiger partial charge in [-0.2, -0.15) is 0 Å². The van der Waals surface area contributed by atoms with E-state index in [4.69, 9.17) is 9.47 Å². The summed E-state index contributed by atoms with van der Waals surface area (Å²) >= 11 is 0. The Morgan fingerprint density at radius 1 is 1.59 bits per heavy atom. The fourth-order valence-electron chi connectivity index (χ4n) is 3.41. The maximum atomic E-state index is 5.93. The Bertz CT molecular complexity index is 290. The summed E-state index contributed by atoms with van der Waals surface area (Å²) in [7, 11) is 3.85. The largest absolute Gasteiger partial charge is 0.496 e. The van der Waals surface area contributed by atoms with Crippen molar-refractivity contribution in [2.45, 2.75) is 50.7 Å². The molecule has 1 heterocycles. The van der Waals surface area contributed by atoms with Crippen LogP contribution in [0.1, 0.15) is 39.0 Å². The number of nitrogens with one attached hydrogen (secondary N) is 1. The van der Waals surface area contributed by atoms with Gasteiger partial charge in [-0.15, -0.1) is 0 Å². The molecule has 3 unspecified atom stereocenters. The minimum Gasteiger partial charge on any atom is -0.496 e. The van der Waals surface area contributed by atoms with E-state index in [9.17, 15) is 0 Å². The van der Waals surface area contributed by atoms with Crippen LogP contribution in [0.25, 0.3) is 0 Å². The molecule has 1 fully saturated rings. The molecule has 0 amide bonds. The third kappa shape index (κ3) is 2.50. The van der Waals surface area contributed by atoms with E-state index >= 15 is 0 Å². The molecule has 3 nitrogen and oxygen atoms in total. The number of hydrogen-bond acceptors (Lipinski definition) is 3. The molecule has 98 valence electrons. The molecule has 3 atom stereocenters. The number of ether oxygens (including phenoxy) is 2. The highest BCUT2D eigenvalue weighted by atomic mass is 16.5. The summed E-state index contributed by atoms with van der Waals surface area (Å²) in [5, 5.41) is 3.41. The summed E-state index contributed by atoms with van der Waals surface area (Å²) < 4.78 is 11.7. The zero-order chi connectivity index (χ0) is 12.3. The minimum atomic E-state index is -0.0808. The summed E-state index contributed by atoms with van der Waals surface area (Å²) in [4.78, 5) is 0. The van der Waals surface area contributed by atoms with E-state index in [1.807, 2.05) is 14.2 Å². The van der Waals surface area contributed by atoms with E-state index in [-0.39, 0.29) is 11.6 Å². The van der Waals surface area contributed by atoms with E-state index in [0.717, 1.165) is 37.5 Å². The number of rotatable bonds is 4. The van der Waals surface area contributed by atoms with Crippen molar-refractivity contribution in [2.24, 2.45) is 5.92 Å². The van der Waals surface area contributed by atoms with E-state index in [0.29, 0.717) is 0 Å². The van der Waals surface area contributed by atoms with Crippen LogP contribution in [0.5, 0.6) is 0 Å². The Morgan fingerprint density at radius 3 is 2.94 bits per heavy atom. The predicted octanol–water partition coefficient (Wildman–Crippen LogP) is 2.47. The lowest BCUT2D eigenvalue weighted by atomic mass is 9.74. The highest BCUT2D eigenvalue weighted by molar-refractivity contribution is 5.15. The molecule has 0 spiro atoms. The van der Waals surface area contributed by atoms with Crippen LogP contribution in [0.2, 0.25) is 0 Å². The lowest BCUT2D eigenvalue weighted by molar-refractivity contribution is -0.0784. The van der Waals surface area contributed by atoms with Gasteiger partial charge < -0.3 is 14.8 Å². The molecule has 1 aliphatic heterocycles. The lowest BCUT2D eigenvalue weighted by Gasteiger charge is -2.44. The zero-order valence-electron chi connectivity index (χ0n) is 11.3. The molecule has 0 radical (unpaired) electrons. The van der Waals surface area contributed by atoms with Crippen molar-refractivity contribution in [1.82, 2.24) is 5.32 Å². The maximum absolute atomic E-state index is 5.93. The molecule has 1 N–H and O–H groups in total. The molecule has 3 heteroatoms. The van der Waals surface area contributed by atoms with Gasteiger partial charge in [0.1, 0.15) is 5.76 Å². The van der Waals surface area contributed by atoms with Crippen molar-refractivity contribution < 1.29 is 9.47 Å². The Hall–Kier alpha value is -0.540. The monoisotopic (exact) mass is 239 g/mol. The van der Waals surface area contributed by atoms with Gasteiger partial charge in [-0.05, 0) is 31.9 Å².